The molecule has 2 aromatic carbocycles. The molecule has 0 aromatic heterocycles. The van der Waals surface area contributed by atoms with Crippen molar-refractivity contribution in [1.29, 1.82) is 0 Å². The summed E-state index contributed by atoms with van der Waals surface area (Å²) in [6.45, 7) is 2.92. The van der Waals surface area contributed by atoms with Gasteiger partial charge in [-0.1, -0.05) is 30.3 Å². The first kappa shape index (κ1) is 20.8. The third-order valence-electron chi connectivity index (χ3n) is 7.17. The number of hydrogen-bond acceptors (Lipinski definition) is 6. The second-order valence-corrected chi connectivity index (χ2v) is 9.03. The second-order valence-electron chi connectivity index (χ2n) is 9.03. The number of aliphatic hydroxyl groups is 1. The standard InChI is InChI=1S/C24H28N4O4/c1-23-14-24(15-8-10-16(11-9-15)32-13-5-12-25)17-6-3-4-7-18(17)26-21(24)28(23)20(30)19(29)27(2)22(23)31/h3-4,6-11,19,21,26,29H,5,12-14,25H2,1-2H3/t19-,21-,23+,24+/m1/s1. The van der Waals surface area contributed by atoms with Gasteiger partial charge in [-0.05, 0) is 55.6 Å². The Balaban J connectivity index is 1.63. The van der Waals surface area contributed by atoms with Gasteiger partial charge < -0.3 is 30.7 Å². The Hall–Kier alpha value is -3.10. The number of piperazine rings is 1. The summed E-state index contributed by atoms with van der Waals surface area (Å²) in [5.41, 5.74) is 6.78. The Labute approximate surface area is 186 Å². The molecule has 8 nitrogen and oxygen atoms in total. The van der Waals surface area contributed by atoms with Crippen LogP contribution in [0.2, 0.25) is 0 Å². The number of carbonyl (C=O) groups is 2. The molecule has 0 aliphatic carbocycles. The van der Waals surface area contributed by atoms with Crippen molar-refractivity contribution in [3.8, 4) is 5.75 Å². The molecule has 32 heavy (non-hydrogen) atoms. The Kier molecular flexibility index (Phi) is 4.69. The molecule has 0 bridgehead atoms. The van der Waals surface area contributed by atoms with Crippen molar-refractivity contribution in [1.82, 2.24) is 9.80 Å². The molecule has 2 fully saturated rings. The highest BCUT2D eigenvalue weighted by atomic mass is 16.5. The number of benzene rings is 2. The van der Waals surface area contributed by atoms with Gasteiger partial charge in [-0.2, -0.15) is 0 Å². The van der Waals surface area contributed by atoms with Crippen LogP contribution >= 0.6 is 0 Å². The zero-order valence-electron chi connectivity index (χ0n) is 18.2. The van der Waals surface area contributed by atoms with E-state index >= 15 is 0 Å². The number of nitrogens with one attached hydrogen (secondary N) is 1. The van der Waals surface area contributed by atoms with E-state index in [0.717, 1.165) is 33.9 Å². The Bertz CT molecular complexity index is 1070. The summed E-state index contributed by atoms with van der Waals surface area (Å²) in [5.74, 6) is 0.0153. The summed E-state index contributed by atoms with van der Waals surface area (Å²) in [6, 6.07) is 15.8. The van der Waals surface area contributed by atoms with E-state index in [1.54, 1.807) is 11.8 Å². The van der Waals surface area contributed by atoms with Crippen molar-refractivity contribution in [3.63, 3.8) is 0 Å². The molecule has 0 unspecified atom stereocenters. The number of amides is 2. The van der Waals surface area contributed by atoms with E-state index in [0.29, 0.717) is 19.6 Å². The van der Waals surface area contributed by atoms with Gasteiger partial charge in [0.05, 0.1) is 12.0 Å². The zero-order chi connectivity index (χ0) is 22.7. The van der Waals surface area contributed by atoms with Gasteiger partial charge in [0.1, 0.15) is 17.5 Å². The predicted molar refractivity (Wildman–Crippen MR) is 119 cm³/mol. The monoisotopic (exact) mass is 436 g/mol. The van der Waals surface area contributed by atoms with E-state index in [-0.39, 0.29) is 5.91 Å². The molecule has 3 heterocycles. The van der Waals surface area contributed by atoms with Crippen LogP contribution in [0, 0.1) is 0 Å². The van der Waals surface area contributed by atoms with Gasteiger partial charge in [-0.15, -0.1) is 0 Å². The largest absolute Gasteiger partial charge is 0.494 e. The van der Waals surface area contributed by atoms with E-state index in [1.165, 1.54) is 7.05 Å². The number of aliphatic hydroxyl groups excluding tert-OH is 1. The van der Waals surface area contributed by atoms with Crippen molar-refractivity contribution in [3.05, 3.63) is 59.7 Å². The number of ether oxygens (including phenoxy) is 1. The molecule has 2 aromatic rings. The SMILES string of the molecule is CN1C(=O)[C@]2(C)C[C@]3(c4ccc(OCCCN)cc4)c4ccccc4N[C@@H]3N2C(=O)[C@H]1O. The summed E-state index contributed by atoms with van der Waals surface area (Å²) in [4.78, 5) is 29.3. The third-order valence-corrected chi connectivity index (χ3v) is 7.17. The molecule has 4 N–H and O–H groups in total. The summed E-state index contributed by atoms with van der Waals surface area (Å²) < 4.78 is 5.77. The van der Waals surface area contributed by atoms with Crippen LogP contribution in [0.4, 0.5) is 5.69 Å². The van der Waals surface area contributed by atoms with E-state index in [2.05, 4.69) is 5.32 Å². The van der Waals surface area contributed by atoms with E-state index in [1.807, 2.05) is 48.5 Å². The number of para-hydroxylation sites is 1. The van der Waals surface area contributed by atoms with Crippen molar-refractivity contribution < 1.29 is 19.4 Å². The molecule has 0 spiro atoms. The molecule has 3 aliphatic rings. The van der Waals surface area contributed by atoms with Crippen LogP contribution < -0.4 is 15.8 Å². The van der Waals surface area contributed by atoms with Crippen molar-refractivity contribution in [2.75, 3.05) is 25.5 Å². The lowest BCUT2D eigenvalue weighted by molar-refractivity contribution is -0.180. The van der Waals surface area contributed by atoms with Crippen LogP contribution in [0.1, 0.15) is 30.9 Å². The fraction of sp³-hybridized carbons (Fsp3) is 0.417. The van der Waals surface area contributed by atoms with Gasteiger partial charge in [-0.3, -0.25) is 9.59 Å². The number of likely N-dealkylation sites (N-methyl/N-ethyl adjacent to an activating group) is 1. The van der Waals surface area contributed by atoms with Crippen LogP contribution in [0.5, 0.6) is 5.75 Å². The fourth-order valence-electron chi connectivity index (χ4n) is 5.67. The van der Waals surface area contributed by atoms with Crippen molar-refractivity contribution in [2.45, 2.75) is 43.1 Å². The lowest BCUT2D eigenvalue weighted by atomic mass is 9.70. The van der Waals surface area contributed by atoms with E-state index in [4.69, 9.17) is 10.5 Å². The van der Waals surface area contributed by atoms with Crippen LogP contribution in [0.15, 0.2) is 48.5 Å². The molecule has 5 rings (SSSR count). The van der Waals surface area contributed by atoms with Gasteiger partial charge >= 0.3 is 0 Å². The lowest BCUT2D eigenvalue weighted by Gasteiger charge is -2.46. The molecule has 2 amide bonds. The van der Waals surface area contributed by atoms with E-state index < -0.39 is 29.3 Å². The maximum atomic E-state index is 13.3. The van der Waals surface area contributed by atoms with Crippen LogP contribution in [0.3, 0.4) is 0 Å². The van der Waals surface area contributed by atoms with Crippen molar-refractivity contribution in [2.24, 2.45) is 5.73 Å². The molecule has 4 atom stereocenters. The van der Waals surface area contributed by atoms with Crippen LogP contribution in [0.25, 0.3) is 0 Å². The smallest absolute Gasteiger partial charge is 0.275 e. The number of anilines is 1. The van der Waals surface area contributed by atoms with Gasteiger partial charge in [0, 0.05) is 12.7 Å². The molecular formula is C24H28N4O4. The lowest BCUT2D eigenvalue weighted by Crippen LogP contribution is -2.69. The number of nitrogens with zero attached hydrogens (tertiary/aromatic N) is 2. The Morgan fingerprint density at radius 1 is 1.19 bits per heavy atom. The number of carbonyl (C=O) groups excluding carboxylic acids is 2. The average molecular weight is 437 g/mol. The first-order chi connectivity index (χ1) is 15.3. The zero-order valence-corrected chi connectivity index (χ0v) is 18.2. The summed E-state index contributed by atoms with van der Waals surface area (Å²) in [6.07, 6.45) is -0.800. The minimum Gasteiger partial charge on any atom is -0.494 e. The van der Waals surface area contributed by atoms with Gasteiger partial charge in [-0.25, -0.2) is 0 Å². The topological polar surface area (TPSA) is 108 Å². The Morgan fingerprint density at radius 2 is 1.91 bits per heavy atom. The number of nitrogens with two attached hydrogens (primary N) is 1. The molecular weight excluding hydrogens is 408 g/mol. The molecule has 2 saturated heterocycles. The summed E-state index contributed by atoms with van der Waals surface area (Å²) in [7, 11) is 1.48. The minimum atomic E-state index is -1.49. The third kappa shape index (κ3) is 2.63. The normalized spacial score (nSPS) is 30.6. The molecule has 3 aliphatic heterocycles. The van der Waals surface area contributed by atoms with Gasteiger partial charge in [0.2, 0.25) is 6.23 Å². The minimum absolute atomic E-state index is 0.264. The average Bonchev–Trinajstić information content (AvgIpc) is 3.25. The number of hydrogen-bond donors (Lipinski definition) is 3. The van der Waals surface area contributed by atoms with Gasteiger partial charge in [0.15, 0.2) is 0 Å². The highest BCUT2D eigenvalue weighted by Gasteiger charge is 2.69. The number of rotatable bonds is 5. The van der Waals surface area contributed by atoms with Gasteiger partial charge in [0.25, 0.3) is 11.8 Å². The fourth-order valence-corrected chi connectivity index (χ4v) is 5.67. The number of fused-ring (bicyclic) bond motifs is 5. The quantitative estimate of drug-likeness (QED) is 0.609. The molecule has 168 valence electrons. The molecule has 0 saturated carbocycles. The molecule has 8 heteroatoms. The maximum Gasteiger partial charge on any atom is 0.275 e. The molecule has 0 radical (unpaired) electrons. The van der Waals surface area contributed by atoms with Crippen LogP contribution in [-0.4, -0.2) is 64.9 Å². The predicted octanol–water partition coefficient (Wildman–Crippen LogP) is 1.23. The second kappa shape index (κ2) is 7.21. The van der Waals surface area contributed by atoms with E-state index in [9.17, 15) is 14.7 Å². The summed E-state index contributed by atoms with van der Waals surface area (Å²) in [5, 5.41) is 14.0. The van der Waals surface area contributed by atoms with Crippen molar-refractivity contribution >= 4 is 17.5 Å². The first-order valence-electron chi connectivity index (χ1n) is 10.9. The first-order valence-corrected chi connectivity index (χ1v) is 10.9. The Morgan fingerprint density at radius 3 is 2.62 bits per heavy atom. The summed E-state index contributed by atoms with van der Waals surface area (Å²) >= 11 is 0. The maximum absolute atomic E-state index is 13.3. The highest BCUT2D eigenvalue weighted by Crippen LogP contribution is 2.59. The van der Waals surface area contributed by atoms with Crippen LogP contribution in [-0.2, 0) is 15.0 Å². The highest BCUT2D eigenvalue weighted by molar-refractivity contribution is 6.00.